The third kappa shape index (κ3) is 22.4. The van der Waals surface area contributed by atoms with Crippen LogP contribution in [0.15, 0.2) is 18.7 Å². The maximum atomic E-state index is 2.41. The molecule has 1 heterocycles. The molecule has 0 aliphatic heterocycles. The van der Waals surface area contributed by atoms with E-state index in [1.54, 1.807) is 0 Å². The first kappa shape index (κ1) is 33.2. The molecule has 1 aromatic heterocycles. The van der Waals surface area contributed by atoms with Gasteiger partial charge >= 0.3 is 0 Å². The van der Waals surface area contributed by atoms with Crippen molar-refractivity contribution in [2.75, 3.05) is 0 Å². The van der Waals surface area contributed by atoms with Crippen LogP contribution in [0.3, 0.4) is 0 Å². The number of aryl methyl sites for hydroxylation is 2. The van der Waals surface area contributed by atoms with E-state index in [-0.39, 0.29) is 0 Å². The topological polar surface area (TPSA) is 8.81 Å². The van der Waals surface area contributed by atoms with Crippen LogP contribution in [-0.2, 0) is 13.1 Å². The molecule has 1 aromatic rings. The van der Waals surface area contributed by atoms with Crippen molar-refractivity contribution in [2.45, 2.75) is 200 Å². The number of aromatic nitrogens is 2. The zero-order valence-corrected chi connectivity index (χ0v) is 25.1. The second-order valence-corrected chi connectivity index (χ2v) is 11.7. The molecule has 1 rings (SSSR count). The van der Waals surface area contributed by atoms with E-state index in [0.717, 1.165) is 0 Å². The van der Waals surface area contributed by atoms with E-state index in [4.69, 9.17) is 0 Å². The average molecular weight is 504 g/mol. The van der Waals surface area contributed by atoms with E-state index in [2.05, 4.69) is 41.7 Å². The van der Waals surface area contributed by atoms with Gasteiger partial charge in [-0.1, -0.05) is 162 Å². The highest BCUT2D eigenvalue weighted by Gasteiger charge is 2.03. The number of unbranched alkanes of at least 4 members (excludes halogenated alkanes) is 25. The maximum absolute atomic E-state index is 2.41. The number of hydrogen-bond acceptors (Lipinski definition) is 0. The highest BCUT2D eigenvalue weighted by Crippen LogP contribution is 2.14. The molecule has 212 valence electrons. The average Bonchev–Trinajstić information content (AvgIpc) is 3.34. The van der Waals surface area contributed by atoms with Crippen molar-refractivity contribution in [1.29, 1.82) is 0 Å². The maximum Gasteiger partial charge on any atom is 0.243 e. The summed E-state index contributed by atoms with van der Waals surface area (Å²) >= 11 is 0. The largest absolute Gasteiger partial charge is 0.243 e. The fraction of sp³-hybridized carbons (Fsp3) is 0.912. The summed E-state index contributed by atoms with van der Waals surface area (Å²) in [6, 6.07) is 0. The van der Waals surface area contributed by atoms with Crippen LogP contribution < -0.4 is 4.57 Å². The lowest BCUT2D eigenvalue weighted by Crippen LogP contribution is -2.30. The molecule has 0 aromatic carbocycles. The first-order valence-electron chi connectivity index (χ1n) is 16.9. The molecule has 0 aliphatic rings. The molecule has 0 fully saturated rings. The van der Waals surface area contributed by atoms with Gasteiger partial charge in [0.05, 0.1) is 13.1 Å². The molecule has 36 heavy (non-hydrogen) atoms. The minimum Gasteiger partial charge on any atom is -0.237 e. The highest BCUT2D eigenvalue weighted by molar-refractivity contribution is 4.66. The van der Waals surface area contributed by atoms with E-state index in [0.29, 0.717) is 0 Å². The van der Waals surface area contributed by atoms with Gasteiger partial charge in [-0.2, -0.15) is 0 Å². The second-order valence-electron chi connectivity index (χ2n) is 11.7. The Morgan fingerprint density at radius 3 is 1.14 bits per heavy atom. The van der Waals surface area contributed by atoms with Crippen LogP contribution >= 0.6 is 0 Å². The van der Waals surface area contributed by atoms with Gasteiger partial charge in [0.25, 0.3) is 0 Å². The summed E-state index contributed by atoms with van der Waals surface area (Å²) in [7, 11) is 0. The van der Waals surface area contributed by atoms with Gasteiger partial charge in [-0.3, -0.25) is 0 Å². The van der Waals surface area contributed by atoms with Gasteiger partial charge in [-0.05, 0) is 25.7 Å². The number of imidazole rings is 1. The molecule has 0 radical (unpaired) electrons. The van der Waals surface area contributed by atoms with Crippen molar-refractivity contribution < 1.29 is 4.57 Å². The molecule has 0 aliphatic carbocycles. The molecule has 0 saturated heterocycles. The lowest BCUT2D eigenvalue weighted by molar-refractivity contribution is -0.696. The fourth-order valence-corrected chi connectivity index (χ4v) is 5.50. The van der Waals surface area contributed by atoms with E-state index in [9.17, 15) is 0 Å². The number of hydrogen-bond donors (Lipinski definition) is 0. The van der Waals surface area contributed by atoms with Crippen LogP contribution in [0.2, 0.25) is 0 Å². The summed E-state index contributed by atoms with van der Waals surface area (Å²) in [6.07, 6.45) is 45.7. The van der Waals surface area contributed by atoms with Crippen molar-refractivity contribution in [2.24, 2.45) is 0 Å². The summed E-state index contributed by atoms with van der Waals surface area (Å²) in [5.41, 5.74) is 0. The molecule has 2 heteroatoms. The van der Waals surface area contributed by atoms with Gasteiger partial charge in [0.2, 0.25) is 6.33 Å². The fourth-order valence-electron chi connectivity index (χ4n) is 5.50. The van der Waals surface area contributed by atoms with E-state index in [1.165, 1.54) is 186 Å². The zero-order chi connectivity index (χ0) is 25.8. The Kier molecular flexibility index (Phi) is 25.2. The van der Waals surface area contributed by atoms with Crippen molar-refractivity contribution >= 4 is 0 Å². The SMILES string of the molecule is CCCCCCCCCCCCCCCCC[n+]1ccn(CCCCCCCCCCCCCC)c1. The van der Waals surface area contributed by atoms with E-state index >= 15 is 0 Å². The molecule has 0 unspecified atom stereocenters. The lowest BCUT2D eigenvalue weighted by Gasteiger charge is -2.03. The molecular formula is C34H67N2+. The molecule has 0 spiro atoms. The van der Waals surface area contributed by atoms with Crippen LogP contribution in [0, 0.1) is 0 Å². The standard InChI is InChI=1S/C34H67N2/c1-3-5-7-9-11-13-15-17-18-19-21-23-25-27-29-31-36-33-32-35(34-36)30-28-26-24-22-20-16-14-12-10-8-6-4-2/h32-34H,3-31H2,1-2H3/q+1. The van der Waals surface area contributed by atoms with E-state index < -0.39 is 0 Å². The smallest absolute Gasteiger partial charge is 0.237 e. The summed E-state index contributed by atoms with van der Waals surface area (Å²) in [5.74, 6) is 0. The van der Waals surface area contributed by atoms with Gasteiger partial charge in [-0.25, -0.2) is 9.13 Å². The van der Waals surface area contributed by atoms with Crippen LogP contribution in [0.4, 0.5) is 0 Å². The second kappa shape index (κ2) is 27.3. The summed E-state index contributed by atoms with van der Waals surface area (Å²) in [4.78, 5) is 0. The summed E-state index contributed by atoms with van der Waals surface area (Å²) in [5, 5.41) is 0. The van der Waals surface area contributed by atoms with Crippen molar-refractivity contribution in [3.63, 3.8) is 0 Å². The van der Waals surface area contributed by atoms with Crippen molar-refractivity contribution in [3.05, 3.63) is 18.7 Å². The predicted molar refractivity (Wildman–Crippen MR) is 161 cm³/mol. The highest BCUT2D eigenvalue weighted by atomic mass is 15.1. The predicted octanol–water partition coefficient (Wildman–Crippen LogP) is 11.3. The molecule has 0 N–H and O–H groups in total. The van der Waals surface area contributed by atoms with Crippen LogP contribution in [0.25, 0.3) is 0 Å². The molecule has 0 bridgehead atoms. The Balaban J connectivity index is 1.81. The zero-order valence-electron chi connectivity index (χ0n) is 25.1. The third-order valence-electron chi connectivity index (χ3n) is 8.04. The van der Waals surface area contributed by atoms with Gasteiger partial charge in [-0.15, -0.1) is 0 Å². The van der Waals surface area contributed by atoms with Gasteiger partial charge in [0, 0.05) is 0 Å². The lowest BCUT2D eigenvalue weighted by atomic mass is 10.0. The Bertz CT molecular complexity index is 535. The Hall–Kier alpha value is -0.790. The molecule has 0 saturated carbocycles. The number of rotatable bonds is 29. The monoisotopic (exact) mass is 504 g/mol. The Labute approximate surface area is 228 Å². The normalized spacial score (nSPS) is 11.5. The van der Waals surface area contributed by atoms with Crippen LogP contribution in [-0.4, -0.2) is 4.57 Å². The van der Waals surface area contributed by atoms with E-state index in [1.807, 2.05) is 0 Å². The minimum atomic E-state index is 1.20. The Morgan fingerprint density at radius 2 is 0.750 bits per heavy atom. The van der Waals surface area contributed by atoms with Gasteiger partial charge < -0.3 is 0 Å². The molecule has 0 amide bonds. The first-order valence-corrected chi connectivity index (χ1v) is 16.9. The Morgan fingerprint density at radius 1 is 0.417 bits per heavy atom. The first-order chi connectivity index (χ1) is 17.9. The summed E-state index contributed by atoms with van der Waals surface area (Å²) in [6.45, 7) is 7.00. The van der Waals surface area contributed by atoms with Crippen molar-refractivity contribution in [3.8, 4) is 0 Å². The molecule has 0 atom stereocenters. The van der Waals surface area contributed by atoms with Crippen LogP contribution in [0.5, 0.6) is 0 Å². The molecular weight excluding hydrogens is 436 g/mol. The number of nitrogens with zero attached hydrogens (tertiary/aromatic N) is 2. The summed E-state index contributed by atoms with van der Waals surface area (Å²) < 4.78 is 4.81. The minimum absolute atomic E-state index is 1.20. The third-order valence-corrected chi connectivity index (χ3v) is 8.04. The van der Waals surface area contributed by atoms with Gasteiger partial charge in [0.1, 0.15) is 12.4 Å². The quantitative estimate of drug-likeness (QED) is 0.0759. The van der Waals surface area contributed by atoms with Gasteiger partial charge in [0.15, 0.2) is 0 Å². The molecule has 2 nitrogen and oxygen atoms in total. The van der Waals surface area contributed by atoms with Crippen LogP contribution in [0.1, 0.15) is 187 Å². The van der Waals surface area contributed by atoms with Crippen molar-refractivity contribution in [1.82, 2.24) is 4.57 Å².